The third kappa shape index (κ3) is 26.5. The van der Waals surface area contributed by atoms with E-state index >= 15 is 0 Å². The molecule has 4 rings (SSSR count). The Labute approximate surface area is 501 Å². The van der Waals surface area contributed by atoms with Gasteiger partial charge in [-0.3, -0.25) is 28.9 Å². The number of aliphatic hydroxyl groups excluding tert-OH is 12. The predicted molar refractivity (Wildman–Crippen MR) is 301 cm³/mol. The molecule has 0 spiro atoms. The van der Waals surface area contributed by atoms with Crippen LogP contribution < -0.4 is 21.3 Å². The molecule has 29 nitrogen and oxygen atoms in total. The van der Waals surface area contributed by atoms with Crippen LogP contribution >= 0.6 is 0 Å². The molecule has 0 saturated carbocycles. The molecule has 3 saturated heterocycles. The van der Waals surface area contributed by atoms with Crippen LogP contribution in [-0.4, -0.2) is 273 Å². The van der Waals surface area contributed by atoms with Crippen molar-refractivity contribution in [2.24, 2.45) is 0 Å². The lowest BCUT2D eigenvalue weighted by Gasteiger charge is -2.39. The highest BCUT2D eigenvalue weighted by molar-refractivity contribution is 5.86. The standard InChI is InChI=1S/C57H97N5O24/c63-32-38-45(70)48(73)51(76)55(84-38)80-27-24-59-42(67)30-62(31-43(68)60-25-28-81-56-52(77)49(74)46(71)39(33-64)85-56)37(54(79)61-26-29-82-57-53(78)50(75)47(72)40(34-65)86-57)20-16-17-23-58-41(66)21-14-9-7-5-3-1-2-4-6-8-10-15-22-44(69)83-35-36-18-12-11-13-19-36/h11-13,18-19,37-40,45-53,55-57,63-65,70-78H,1-10,14-17,20-35H2,(H,58,66)(H,59,67)(H,60,68)(H,61,79)/t37-,38+,39+,40+,45+,46+,47+,48-,49-,50-,51-,52-,53-,55-,56-,57-/m0/s1. The lowest BCUT2D eigenvalue weighted by Crippen LogP contribution is -2.59. The van der Waals surface area contributed by atoms with E-state index in [1.54, 1.807) is 0 Å². The Balaban J connectivity index is 1.26. The van der Waals surface area contributed by atoms with Crippen molar-refractivity contribution in [3.05, 3.63) is 35.9 Å². The van der Waals surface area contributed by atoms with Crippen molar-refractivity contribution in [1.29, 1.82) is 0 Å². The fraction of sp³-hybridized carbons (Fsp3) is 0.807. The van der Waals surface area contributed by atoms with Crippen LogP contribution in [0.2, 0.25) is 0 Å². The molecule has 3 aliphatic heterocycles. The van der Waals surface area contributed by atoms with Gasteiger partial charge in [-0.25, -0.2) is 0 Å². The van der Waals surface area contributed by atoms with E-state index < -0.39 is 149 Å². The van der Waals surface area contributed by atoms with Crippen LogP contribution in [0.4, 0.5) is 0 Å². The lowest BCUT2D eigenvalue weighted by atomic mass is 9.99. The Morgan fingerprint density at radius 1 is 0.442 bits per heavy atom. The highest BCUT2D eigenvalue weighted by atomic mass is 16.7. The predicted octanol–water partition coefficient (Wildman–Crippen LogP) is -4.05. The SMILES string of the molecule is O=C(CCCCCCCCCCCCCCC(=O)OCc1ccccc1)NCCCC[C@@H](C(=O)NCCO[C@H]1O[C@H](CO)[C@@H](O)[C@H](O)[C@@H]1O)N(CC(=O)NCCO[C@H]1O[C@H](CO)[C@@H](O)[C@H](O)[C@@H]1O)CC(=O)NCCO[C@H]1O[C@H](CO)[C@@H](O)[C@H](O)[C@@H]1O. The first kappa shape index (κ1) is 74.3. The molecule has 16 atom stereocenters. The van der Waals surface area contributed by atoms with E-state index in [2.05, 4.69) is 21.3 Å². The fourth-order valence-corrected chi connectivity index (χ4v) is 9.96. The Bertz CT molecular complexity index is 1990. The van der Waals surface area contributed by atoms with Crippen molar-refractivity contribution in [3.8, 4) is 0 Å². The van der Waals surface area contributed by atoms with Crippen LogP contribution in [0, 0.1) is 0 Å². The van der Waals surface area contributed by atoms with E-state index in [-0.39, 0.29) is 64.3 Å². The van der Waals surface area contributed by atoms with Crippen LogP contribution in [0.5, 0.6) is 0 Å². The van der Waals surface area contributed by atoms with E-state index in [0.29, 0.717) is 38.7 Å². The average molecular weight is 1240 g/mol. The summed E-state index contributed by atoms with van der Waals surface area (Å²) >= 11 is 0. The summed E-state index contributed by atoms with van der Waals surface area (Å²) in [5.74, 6) is -2.42. The van der Waals surface area contributed by atoms with Crippen molar-refractivity contribution in [3.63, 3.8) is 0 Å². The molecule has 494 valence electrons. The molecule has 3 aliphatic rings. The number of aliphatic hydroxyl groups is 12. The molecule has 4 amide bonds. The number of nitrogens with one attached hydrogen (secondary N) is 4. The molecule has 0 unspecified atom stereocenters. The minimum atomic E-state index is -1.72. The van der Waals surface area contributed by atoms with E-state index in [1.165, 1.54) is 4.90 Å². The molecule has 29 heteroatoms. The second-order valence-electron chi connectivity index (χ2n) is 21.9. The van der Waals surface area contributed by atoms with Crippen molar-refractivity contribution in [2.75, 3.05) is 78.9 Å². The molecular formula is C57H97N5O24. The summed E-state index contributed by atoms with van der Waals surface area (Å²) < 4.78 is 37.9. The van der Waals surface area contributed by atoms with E-state index in [1.807, 2.05) is 30.3 Å². The number of hydrogen-bond donors (Lipinski definition) is 16. The van der Waals surface area contributed by atoms with Gasteiger partial charge >= 0.3 is 5.97 Å². The third-order valence-electron chi connectivity index (χ3n) is 15.1. The first-order chi connectivity index (χ1) is 41.4. The molecule has 0 radical (unpaired) electrons. The van der Waals surface area contributed by atoms with Crippen LogP contribution in [0.25, 0.3) is 0 Å². The Kier molecular flexibility index (Phi) is 36.2. The Morgan fingerprint density at radius 2 is 0.826 bits per heavy atom. The van der Waals surface area contributed by atoms with Crippen LogP contribution in [0.1, 0.15) is 115 Å². The fourth-order valence-electron chi connectivity index (χ4n) is 9.96. The highest BCUT2D eigenvalue weighted by Gasteiger charge is 2.46. The number of benzene rings is 1. The number of rotatable bonds is 43. The number of amides is 4. The van der Waals surface area contributed by atoms with Crippen molar-refractivity contribution in [1.82, 2.24) is 26.2 Å². The number of unbranched alkanes of at least 4 members (excludes halogenated alkanes) is 12. The van der Waals surface area contributed by atoms with E-state index in [9.17, 15) is 85.3 Å². The minimum absolute atomic E-state index is 0.0319. The van der Waals surface area contributed by atoms with Gasteiger partial charge in [0.25, 0.3) is 0 Å². The zero-order valence-electron chi connectivity index (χ0n) is 49.1. The lowest BCUT2D eigenvalue weighted by molar-refractivity contribution is -0.300. The number of nitrogens with zero attached hydrogens (tertiary/aromatic N) is 1. The maximum atomic E-state index is 14.2. The van der Waals surface area contributed by atoms with Gasteiger partial charge in [0.05, 0.1) is 58.8 Å². The van der Waals surface area contributed by atoms with Crippen molar-refractivity contribution < 1.29 is 118 Å². The molecular weight excluding hydrogens is 1140 g/mol. The maximum absolute atomic E-state index is 14.2. The van der Waals surface area contributed by atoms with Gasteiger partial charge in [0.15, 0.2) is 18.9 Å². The van der Waals surface area contributed by atoms with Gasteiger partial charge in [0.1, 0.15) is 79.9 Å². The summed E-state index contributed by atoms with van der Waals surface area (Å²) in [4.78, 5) is 67.5. The summed E-state index contributed by atoms with van der Waals surface area (Å²) in [5.41, 5.74) is 0.975. The van der Waals surface area contributed by atoms with Crippen molar-refractivity contribution >= 4 is 29.6 Å². The normalized spacial score (nSPS) is 27.9. The smallest absolute Gasteiger partial charge is 0.306 e. The van der Waals surface area contributed by atoms with Gasteiger partial charge in [0.2, 0.25) is 23.6 Å². The minimum Gasteiger partial charge on any atom is -0.461 e. The van der Waals surface area contributed by atoms with Gasteiger partial charge in [0, 0.05) is 39.0 Å². The molecule has 86 heavy (non-hydrogen) atoms. The monoisotopic (exact) mass is 1240 g/mol. The molecule has 3 fully saturated rings. The maximum Gasteiger partial charge on any atom is 0.306 e. The second-order valence-corrected chi connectivity index (χ2v) is 21.9. The quantitative estimate of drug-likeness (QED) is 0.0219. The number of carbonyl (C=O) groups is 5. The van der Waals surface area contributed by atoms with Gasteiger partial charge in [-0.2, -0.15) is 0 Å². The van der Waals surface area contributed by atoms with E-state index in [0.717, 1.165) is 76.2 Å². The largest absolute Gasteiger partial charge is 0.461 e. The second kappa shape index (κ2) is 41.9. The van der Waals surface area contributed by atoms with Gasteiger partial charge < -0.3 is 116 Å². The number of hydrogen-bond acceptors (Lipinski definition) is 25. The topological polar surface area (TPSA) is 444 Å². The first-order valence-corrected chi connectivity index (χ1v) is 30.2. The van der Waals surface area contributed by atoms with Gasteiger partial charge in [-0.15, -0.1) is 0 Å². The molecule has 0 aromatic heterocycles. The van der Waals surface area contributed by atoms with Crippen LogP contribution in [0.15, 0.2) is 30.3 Å². The summed E-state index contributed by atoms with van der Waals surface area (Å²) in [5, 5.41) is 131. The molecule has 1 aromatic rings. The molecule has 16 N–H and O–H groups in total. The Hall–Kier alpha value is -4.19. The zero-order valence-corrected chi connectivity index (χ0v) is 49.1. The first-order valence-electron chi connectivity index (χ1n) is 30.2. The molecule has 0 bridgehead atoms. The van der Waals surface area contributed by atoms with Crippen molar-refractivity contribution in [2.45, 2.75) is 214 Å². The number of esters is 1. The van der Waals surface area contributed by atoms with Gasteiger partial charge in [-0.05, 0) is 37.7 Å². The average Bonchev–Trinajstić information content (AvgIpc) is 1.74. The van der Waals surface area contributed by atoms with E-state index in [4.69, 9.17) is 33.2 Å². The summed E-state index contributed by atoms with van der Waals surface area (Å²) in [6.07, 6.45) is -9.58. The van der Waals surface area contributed by atoms with Crippen LogP contribution in [-0.2, 0) is 63.7 Å². The summed E-state index contributed by atoms with van der Waals surface area (Å²) in [6.45, 7) is -4.34. The third-order valence-corrected chi connectivity index (χ3v) is 15.1. The van der Waals surface area contributed by atoms with Crippen LogP contribution in [0.3, 0.4) is 0 Å². The molecule has 3 heterocycles. The summed E-state index contributed by atoms with van der Waals surface area (Å²) in [7, 11) is 0. The molecule has 0 aliphatic carbocycles. The number of ether oxygens (including phenoxy) is 7. The number of carbonyl (C=O) groups excluding carboxylic acids is 5. The summed E-state index contributed by atoms with van der Waals surface area (Å²) in [6, 6.07) is 8.40. The zero-order chi connectivity index (χ0) is 62.8. The van der Waals surface area contributed by atoms with Gasteiger partial charge in [-0.1, -0.05) is 94.5 Å². The highest BCUT2D eigenvalue weighted by Crippen LogP contribution is 2.25. The Morgan fingerprint density at radius 3 is 1.24 bits per heavy atom. The molecule has 1 aromatic carbocycles.